The summed E-state index contributed by atoms with van der Waals surface area (Å²) in [6.45, 7) is 0.426. The molecular weight excluding hydrogens is 364 g/mol. The van der Waals surface area contributed by atoms with E-state index in [1.54, 1.807) is 29.5 Å². The van der Waals surface area contributed by atoms with Gasteiger partial charge >= 0.3 is 0 Å². The molecule has 0 bridgehead atoms. The molecule has 5 nitrogen and oxygen atoms in total. The van der Waals surface area contributed by atoms with E-state index < -0.39 is 0 Å². The Morgan fingerprint density at radius 2 is 2.04 bits per heavy atom. The van der Waals surface area contributed by atoms with E-state index in [1.165, 1.54) is 12.8 Å². The second-order valence-corrected chi connectivity index (χ2v) is 8.03. The lowest BCUT2D eigenvalue weighted by Gasteiger charge is -2.05. The summed E-state index contributed by atoms with van der Waals surface area (Å²) in [4.78, 5) is 20.9. The summed E-state index contributed by atoms with van der Waals surface area (Å²) in [5, 5.41) is 6.53. The molecule has 7 heteroatoms. The molecule has 1 amide bonds. The summed E-state index contributed by atoms with van der Waals surface area (Å²) < 4.78 is 3.27. The minimum absolute atomic E-state index is 0.0994. The van der Waals surface area contributed by atoms with Crippen LogP contribution < -0.4 is 10.0 Å². The van der Waals surface area contributed by atoms with Crippen LogP contribution in [0.4, 0.5) is 5.13 Å². The molecule has 132 valence electrons. The Hall–Kier alpha value is -2.38. The van der Waals surface area contributed by atoms with Crippen LogP contribution >= 0.6 is 23.3 Å². The average Bonchev–Trinajstić information content (AvgIpc) is 3.42. The van der Waals surface area contributed by atoms with Gasteiger partial charge in [0.25, 0.3) is 5.91 Å². The van der Waals surface area contributed by atoms with Crippen molar-refractivity contribution >= 4 is 34.3 Å². The van der Waals surface area contributed by atoms with Gasteiger partial charge in [0.2, 0.25) is 0 Å². The SMILES string of the molecule is O=C(NCc1csc(NSC2CC2)n1)c1ccc(-c2cccnc2)cc1. The first-order valence-electron chi connectivity index (χ1n) is 8.43. The van der Waals surface area contributed by atoms with Gasteiger partial charge in [-0.3, -0.25) is 9.78 Å². The Balaban J connectivity index is 1.31. The summed E-state index contributed by atoms with van der Waals surface area (Å²) in [7, 11) is 0. The Morgan fingerprint density at radius 1 is 1.19 bits per heavy atom. The third-order valence-corrected chi connectivity index (χ3v) is 6.01. The highest BCUT2D eigenvalue weighted by Gasteiger charge is 2.22. The van der Waals surface area contributed by atoms with Gasteiger partial charge in [-0.15, -0.1) is 11.3 Å². The summed E-state index contributed by atoms with van der Waals surface area (Å²) in [5.74, 6) is -0.0994. The summed E-state index contributed by atoms with van der Waals surface area (Å²) >= 11 is 3.30. The number of amides is 1. The molecule has 1 saturated carbocycles. The molecule has 2 N–H and O–H groups in total. The number of benzene rings is 1. The first-order valence-corrected chi connectivity index (χ1v) is 10.2. The van der Waals surface area contributed by atoms with Crippen molar-refractivity contribution in [2.45, 2.75) is 24.6 Å². The highest BCUT2D eigenvalue weighted by atomic mass is 32.2. The second kappa shape index (κ2) is 7.88. The van der Waals surface area contributed by atoms with Gasteiger partial charge < -0.3 is 10.0 Å². The van der Waals surface area contributed by atoms with Crippen LogP contribution in [-0.4, -0.2) is 21.1 Å². The molecule has 0 unspecified atom stereocenters. The normalized spacial score (nSPS) is 13.4. The number of hydrogen-bond acceptors (Lipinski definition) is 6. The third-order valence-electron chi connectivity index (χ3n) is 3.96. The van der Waals surface area contributed by atoms with E-state index in [4.69, 9.17) is 0 Å². The van der Waals surface area contributed by atoms with Gasteiger partial charge in [0.1, 0.15) is 0 Å². The van der Waals surface area contributed by atoms with Crippen LogP contribution in [0, 0.1) is 0 Å². The lowest BCUT2D eigenvalue weighted by molar-refractivity contribution is 0.0950. The average molecular weight is 383 g/mol. The van der Waals surface area contributed by atoms with Gasteiger partial charge in [0.15, 0.2) is 5.13 Å². The number of nitrogens with zero attached hydrogens (tertiary/aromatic N) is 2. The van der Waals surface area contributed by atoms with Gasteiger partial charge in [0, 0.05) is 28.6 Å². The molecule has 2 aromatic heterocycles. The number of nitrogens with one attached hydrogen (secondary N) is 2. The van der Waals surface area contributed by atoms with Crippen molar-refractivity contribution in [3.63, 3.8) is 0 Å². The highest BCUT2D eigenvalue weighted by Crippen LogP contribution is 2.34. The van der Waals surface area contributed by atoms with Crippen molar-refractivity contribution < 1.29 is 4.79 Å². The molecule has 0 radical (unpaired) electrons. The molecule has 1 aliphatic rings. The van der Waals surface area contributed by atoms with Crippen LogP contribution in [0.5, 0.6) is 0 Å². The molecular formula is C19H18N4OS2. The Bertz CT molecular complexity index is 876. The zero-order chi connectivity index (χ0) is 17.8. The van der Waals surface area contributed by atoms with E-state index in [2.05, 4.69) is 20.0 Å². The maximum absolute atomic E-state index is 12.3. The van der Waals surface area contributed by atoms with Crippen LogP contribution in [0.15, 0.2) is 54.2 Å². The maximum atomic E-state index is 12.3. The fraction of sp³-hybridized carbons (Fsp3) is 0.211. The van der Waals surface area contributed by atoms with E-state index >= 15 is 0 Å². The number of pyridine rings is 1. The first kappa shape index (κ1) is 17.1. The van der Waals surface area contributed by atoms with Crippen LogP contribution in [0.25, 0.3) is 11.1 Å². The smallest absolute Gasteiger partial charge is 0.251 e. The molecule has 0 aliphatic heterocycles. The van der Waals surface area contributed by atoms with Crippen molar-refractivity contribution in [3.05, 3.63) is 65.4 Å². The lowest BCUT2D eigenvalue weighted by atomic mass is 10.1. The number of rotatable bonds is 7. The van der Waals surface area contributed by atoms with Crippen LogP contribution in [0.1, 0.15) is 28.9 Å². The molecule has 4 rings (SSSR count). The van der Waals surface area contributed by atoms with Crippen LogP contribution in [0.2, 0.25) is 0 Å². The van der Waals surface area contributed by atoms with Crippen molar-refractivity contribution in [1.29, 1.82) is 0 Å². The monoisotopic (exact) mass is 382 g/mol. The van der Waals surface area contributed by atoms with Gasteiger partial charge in [-0.25, -0.2) is 4.98 Å². The number of anilines is 1. The largest absolute Gasteiger partial charge is 0.346 e. The van der Waals surface area contributed by atoms with Crippen molar-refractivity contribution in [2.24, 2.45) is 0 Å². The molecule has 0 saturated heterocycles. The van der Waals surface area contributed by atoms with Gasteiger partial charge in [-0.05, 0) is 54.1 Å². The van der Waals surface area contributed by atoms with Crippen molar-refractivity contribution in [2.75, 3.05) is 4.72 Å². The minimum Gasteiger partial charge on any atom is -0.346 e. The molecule has 2 heterocycles. The second-order valence-electron chi connectivity index (χ2n) is 6.06. The molecule has 3 aromatic rings. The number of carbonyl (C=O) groups is 1. The predicted molar refractivity (Wildman–Crippen MR) is 107 cm³/mol. The number of carbonyl (C=O) groups excluding carboxylic acids is 1. The summed E-state index contributed by atoms with van der Waals surface area (Å²) in [5.41, 5.74) is 3.58. The Kier molecular flexibility index (Phi) is 5.17. The summed E-state index contributed by atoms with van der Waals surface area (Å²) in [6, 6.07) is 11.4. The highest BCUT2D eigenvalue weighted by molar-refractivity contribution is 8.01. The topological polar surface area (TPSA) is 66.9 Å². The van der Waals surface area contributed by atoms with Gasteiger partial charge in [-0.1, -0.05) is 18.2 Å². The zero-order valence-corrected chi connectivity index (χ0v) is 15.6. The fourth-order valence-electron chi connectivity index (χ4n) is 2.38. The maximum Gasteiger partial charge on any atom is 0.251 e. The van der Waals surface area contributed by atoms with E-state index in [9.17, 15) is 4.79 Å². The quantitative estimate of drug-likeness (QED) is 0.595. The van der Waals surface area contributed by atoms with E-state index in [1.807, 2.05) is 48.0 Å². The van der Waals surface area contributed by atoms with Crippen molar-refractivity contribution in [1.82, 2.24) is 15.3 Å². The zero-order valence-electron chi connectivity index (χ0n) is 14.0. The van der Waals surface area contributed by atoms with Crippen LogP contribution in [0.3, 0.4) is 0 Å². The Labute approximate surface area is 160 Å². The minimum atomic E-state index is -0.0994. The standard InChI is InChI=1S/C19H18N4OS2/c24-18(14-5-3-13(4-6-14)15-2-1-9-20-10-15)21-11-16-12-25-19(22-16)23-26-17-7-8-17/h1-6,9-10,12,17H,7-8,11H2,(H,21,24)(H,22,23). The molecule has 1 aromatic carbocycles. The van der Waals surface area contributed by atoms with E-state index in [0.717, 1.165) is 27.2 Å². The molecule has 0 atom stereocenters. The fourth-order valence-corrected chi connectivity index (χ4v) is 3.95. The Morgan fingerprint density at radius 3 is 2.77 bits per heavy atom. The van der Waals surface area contributed by atoms with Gasteiger partial charge in [0.05, 0.1) is 12.2 Å². The number of thiazole rings is 1. The molecule has 0 spiro atoms. The summed E-state index contributed by atoms with van der Waals surface area (Å²) in [6.07, 6.45) is 6.12. The number of aromatic nitrogens is 2. The predicted octanol–water partition coefficient (Wildman–Crippen LogP) is 4.36. The van der Waals surface area contributed by atoms with E-state index in [-0.39, 0.29) is 5.91 Å². The van der Waals surface area contributed by atoms with Crippen molar-refractivity contribution in [3.8, 4) is 11.1 Å². The molecule has 1 aliphatic carbocycles. The number of hydrogen-bond donors (Lipinski definition) is 2. The van der Waals surface area contributed by atoms with Crippen LogP contribution in [-0.2, 0) is 6.54 Å². The third kappa shape index (κ3) is 4.42. The lowest BCUT2D eigenvalue weighted by Crippen LogP contribution is -2.22. The molecule has 1 fully saturated rings. The molecule has 26 heavy (non-hydrogen) atoms. The first-order chi connectivity index (χ1) is 12.8. The van der Waals surface area contributed by atoms with Gasteiger partial charge in [-0.2, -0.15) is 0 Å². The van der Waals surface area contributed by atoms with E-state index in [0.29, 0.717) is 12.1 Å².